The molecule has 0 N–H and O–H groups in total. The van der Waals surface area contributed by atoms with Crippen molar-refractivity contribution in [1.82, 2.24) is 0 Å². The van der Waals surface area contributed by atoms with E-state index in [1.165, 1.54) is 6.92 Å². The fraction of sp³-hybridized carbons (Fsp3) is 0.375. The molecule has 0 saturated heterocycles. The molecular formula is C16H12F6O2S. The van der Waals surface area contributed by atoms with E-state index in [1.54, 1.807) is 0 Å². The fourth-order valence-corrected chi connectivity index (χ4v) is 3.50. The van der Waals surface area contributed by atoms with Gasteiger partial charge in [-0.1, -0.05) is 0 Å². The summed E-state index contributed by atoms with van der Waals surface area (Å²) < 4.78 is 85.1. The van der Waals surface area contributed by atoms with Crippen molar-refractivity contribution in [2.24, 2.45) is 0 Å². The smallest absolute Gasteiger partial charge is 0.298 e. The summed E-state index contributed by atoms with van der Waals surface area (Å²) in [6.45, 7) is 3.23. The Balaban J connectivity index is 2.99. The molecule has 0 saturated carbocycles. The number of aryl methyl sites for hydroxylation is 1. The minimum absolute atomic E-state index is 0.0133. The van der Waals surface area contributed by atoms with Gasteiger partial charge in [0.2, 0.25) is 0 Å². The van der Waals surface area contributed by atoms with Crippen LogP contribution >= 0.6 is 11.3 Å². The van der Waals surface area contributed by atoms with Gasteiger partial charge in [0.25, 0.3) is 0 Å². The van der Waals surface area contributed by atoms with Gasteiger partial charge in [0.05, 0.1) is 4.88 Å². The lowest BCUT2D eigenvalue weighted by molar-refractivity contribution is -0.259. The second kappa shape index (κ2) is 5.82. The molecule has 0 atom stereocenters. The lowest BCUT2D eigenvalue weighted by Gasteiger charge is -2.26. The molecule has 1 aliphatic carbocycles. The Labute approximate surface area is 142 Å². The molecular weight excluding hydrogens is 370 g/mol. The molecule has 136 valence electrons. The molecule has 0 radical (unpaired) electrons. The molecule has 0 aliphatic heterocycles. The number of allylic oxidation sites excluding steroid dienone is 4. The highest BCUT2D eigenvalue weighted by Crippen LogP contribution is 2.64. The molecule has 9 heteroatoms. The first-order chi connectivity index (χ1) is 11.3. The van der Waals surface area contributed by atoms with Crippen LogP contribution in [0.4, 0.5) is 26.3 Å². The number of hydrogen-bond acceptors (Lipinski definition) is 3. The van der Waals surface area contributed by atoms with Gasteiger partial charge in [0.15, 0.2) is 6.29 Å². The largest absolute Gasteiger partial charge is 0.380 e. The van der Waals surface area contributed by atoms with E-state index < -0.39 is 40.1 Å². The van der Waals surface area contributed by atoms with Gasteiger partial charge in [-0.3, -0.25) is 9.59 Å². The van der Waals surface area contributed by atoms with Crippen LogP contribution in [-0.4, -0.2) is 30.3 Å². The summed E-state index contributed by atoms with van der Waals surface area (Å²) in [7, 11) is 0. The van der Waals surface area contributed by atoms with E-state index in [2.05, 4.69) is 0 Å². The maximum Gasteiger partial charge on any atom is 0.380 e. The Bertz CT molecular complexity index is 817. The van der Waals surface area contributed by atoms with Gasteiger partial charge in [0, 0.05) is 16.0 Å². The highest BCUT2D eigenvalue weighted by atomic mass is 32.1. The third-order valence-corrected chi connectivity index (χ3v) is 5.11. The highest BCUT2D eigenvalue weighted by molar-refractivity contribution is 7.13. The number of hydrogen-bond donors (Lipinski definition) is 0. The number of rotatable bonds is 4. The van der Waals surface area contributed by atoms with Gasteiger partial charge < -0.3 is 0 Å². The number of carbonyl (C=O) groups is 2. The molecule has 1 aromatic heterocycles. The average molecular weight is 382 g/mol. The zero-order valence-electron chi connectivity index (χ0n) is 13.2. The van der Waals surface area contributed by atoms with Crippen LogP contribution in [0.25, 0.3) is 5.57 Å². The predicted molar refractivity (Wildman–Crippen MR) is 80.6 cm³/mol. The summed E-state index contributed by atoms with van der Waals surface area (Å²) in [6.07, 6.45) is 0.437. The first-order valence-corrected chi connectivity index (χ1v) is 7.73. The van der Waals surface area contributed by atoms with Crippen LogP contribution in [0, 0.1) is 6.92 Å². The van der Waals surface area contributed by atoms with Gasteiger partial charge in [-0.15, -0.1) is 11.3 Å². The summed E-state index contributed by atoms with van der Waals surface area (Å²) in [5, 5.41) is 0. The molecule has 0 unspecified atom stereocenters. The van der Waals surface area contributed by atoms with Crippen molar-refractivity contribution < 1.29 is 35.9 Å². The van der Waals surface area contributed by atoms with Crippen LogP contribution in [0.5, 0.6) is 0 Å². The van der Waals surface area contributed by atoms with Crippen molar-refractivity contribution in [3.05, 3.63) is 38.1 Å². The Kier molecular flexibility index (Phi) is 4.53. The number of thiophene rings is 1. The fourth-order valence-electron chi connectivity index (χ4n) is 2.65. The van der Waals surface area contributed by atoms with E-state index in [0.717, 1.165) is 31.3 Å². The lowest BCUT2D eigenvalue weighted by atomic mass is 9.93. The summed E-state index contributed by atoms with van der Waals surface area (Å²) in [5.74, 6) is -16.0. The Morgan fingerprint density at radius 3 is 2.04 bits per heavy atom. The predicted octanol–water partition coefficient (Wildman–Crippen LogP) is 5.08. The average Bonchev–Trinajstić information content (AvgIpc) is 2.94. The minimum atomic E-state index is -5.68. The van der Waals surface area contributed by atoms with E-state index in [4.69, 9.17) is 0 Å². The van der Waals surface area contributed by atoms with Crippen LogP contribution < -0.4 is 0 Å². The SMILES string of the molecule is C/C(C=O)=C(/C)C1=C(c2cc(C=O)sc2C)C(F)(F)C(F)(F)C1(F)F. The van der Waals surface area contributed by atoms with Crippen molar-refractivity contribution in [2.75, 3.05) is 0 Å². The van der Waals surface area contributed by atoms with Gasteiger partial charge in [-0.2, -0.15) is 26.3 Å². The van der Waals surface area contributed by atoms with Gasteiger partial charge >= 0.3 is 17.8 Å². The molecule has 1 heterocycles. The number of aldehydes is 2. The second-order valence-corrected chi connectivity index (χ2v) is 6.92. The standard InChI is InChI=1S/C16H12F6O2S/c1-7(5-23)8(2)12-13(11-4-10(6-24)25-9(11)3)15(19,20)16(21,22)14(12,17)18/h4-6H,1-3H3/b8-7+. The van der Waals surface area contributed by atoms with Crippen molar-refractivity contribution in [1.29, 1.82) is 0 Å². The number of alkyl halides is 6. The molecule has 1 aromatic rings. The molecule has 2 nitrogen and oxygen atoms in total. The highest BCUT2D eigenvalue weighted by Gasteiger charge is 2.80. The Morgan fingerprint density at radius 1 is 1.04 bits per heavy atom. The van der Waals surface area contributed by atoms with Gasteiger partial charge in [-0.25, -0.2) is 0 Å². The quantitative estimate of drug-likeness (QED) is 0.414. The monoisotopic (exact) mass is 382 g/mol. The molecule has 0 bridgehead atoms. The molecule has 25 heavy (non-hydrogen) atoms. The van der Waals surface area contributed by atoms with E-state index >= 15 is 0 Å². The van der Waals surface area contributed by atoms with Crippen LogP contribution in [0.1, 0.15) is 34.0 Å². The van der Waals surface area contributed by atoms with Crippen LogP contribution in [-0.2, 0) is 4.79 Å². The molecule has 0 spiro atoms. The molecule has 0 amide bonds. The third kappa shape index (κ3) is 2.47. The van der Waals surface area contributed by atoms with Crippen molar-refractivity contribution in [3.8, 4) is 0 Å². The molecule has 2 rings (SSSR count). The van der Waals surface area contributed by atoms with Crippen molar-refractivity contribution >= 4 is 29.5 Å². The maximum atomic E-state index is 14.4. The zero-order chi connectivity index (χ0) is 19.4. The second-order valence-electron chi connectivity index (χ2n) is 5.64. The first-order valence-electron chi connectivity index (χ1n) is 6.92. The van der Waals surface area contributed by atoms with Crippen LogP contribution in [0.3, 0.4) is 0 Å². The molecule has 0 fully saturated rings. The maximum absolute atomic E-state index is 14.4. The Morgan fingerprint density at radius 2 is 1.60 bits per heavy atom. The number of halogens is 6. The summed E-state index contributed by atoms with van der Waals surface area (Å²) >= 11 is 0.719. The third-order valence-electron chi connectivity index (χ3n) is 4.13. The van der Waals surface area contributed by atoms with Crippen LogP contribution in [0.15, 0.2) is 22.8 Å². The van der Waals surface area contributed by atoms with E-state index in [1.807, 2.05) is 0 Å². The minimum Gasteiger partial charge on any atom is -0.298 e. The molecule has 1 aliphatic rings. The lowest BCUT2D eigenvalue weighted by Crippen LogP contribution is -2.49. The van der Waals surface area contributed by atoms with Gasteiger partial charge in [-0.05, 0) is 43.5 Å². The summed E-state index contributed by atoms with van der Waals surface area (Å²) in [6, 6.07) is 0.872. The van der Waals surface area contributed by atoms with E-state index in [-0.39, 0.29) is 21.6 Å². The van der Waals surface area contributed by atoms with Gasteiger partial charge in [0.1, 0.15) is 6.29 Å². The summed E-state index contributed by atoms with van der Waals surface area (Å²) in [5.41, 5.74) is -4.70. The first kappa shape index (κ1) is 19.4. The van der Waals surface area contributed by atoms with Crippen molar-refractivity contribution in [3.63, 3.8) is 0 Å². The van der Waals surface area contributed by atoms with Crippen molar-refractivity contribution in [2.45, 2.75) is 38.5 Å². The zero-order valence-corrected chi connectivity index (χ0v) is 14.0. The Hall–Kier alpha value is -1.90. The van der Waals surface area contributed by atoms with E-state index in [9.17, 15) is 35.9 Å². The number of carbonyl (C=O) groups excluding carboxylic acids is 2. The molecule has 0 aromatic carbocycles. The topological polar surface area (TPSA) is 34.1 Å². The summed E-state index contributed by atoms with van der Waals surface area (Å²) in [4.78, 5) is 21.6. The van der Waals surface area contributed by atoms with Crippen LogP contribution in [0.2, 0.25) is 0 Å². The van der Waals surface area contributed by atoms with E-state index in [0.29, 0.717) is 6.29 Å². The normalized spacial score (nSPS) is 22.0.